The first-order valence-corrected chi connectivity index (χ1v) is 6.10. The third-order valence-electron chi connectivity index (χ3n) is 2.59. The zero-order valence-electron chi connectivity index (χ0n) is 8.97. The lowest BCUT2D eigenvalue weighted by Gasteiger charge is -2.32. The molecule has 3 amide bonds. The molecule has 1 aliphatic heterocycles. The van der Waals surface area contributed by atoms with Crippen molar-refractivity contribution in [3.8, 4) is 0 Å². The van der Waals surface area contributed by atoms with Gasteiger partial charge in [0.1, 0.15) is 5.01 Å². The number of thiazole rings is 1. The Bertz CT molecular complexity index is 391. The Labute approximate surface area is 97.5 Å². The number of hydrogen-bond donors (Lipinski definition) is 1. The number of aromatic nitrogens is 1. The first-order valence-electron chi connectivity index (χ1n) is 5.22. The summed E-state index contributed by atoms with van der Waals surface area (Å²) in [6.07, 6.45) is 2.90. The SMILES string of the molecule is CCC(c1nccs1)N1CCC(=O)NC1=O. The molecule has 1 aromatic heterocycles. The Kier molecular flexibility index (Phi) is 3.19. The Morgan fingerprint density at radius 2 is 2.44 bits per heavy atom. The van der Waals surface area contributed by atoms with Crippen LogP contribution in [0.3, 0.4) is 0 Å². The highest BCUT2D eigenvalue weighted by atomic mass is 32.1. The molecular weight excluding hydrogens is 226 g/mol. The van der Waals surface area contributed by atoms with E-state index in [2.05, 4.69) is 10.3 Å². The summed E-state index contributed by atoms with van der Waals surface area (Å²) in [7, 11) is 0. The van der Waals surface area contributed by atoms with E-state index < -0.39 is 0 Å². The van der Waals surface area contributed by atoms with Gasteiger partial charge >= 0.3 is 6.03 Å². The number of carbonyl (C=O) groups excluding carboxylic acids is 2. The highest BCUT2D eigenvalue weighted by molar-refractivity contribution is 7.09. The molecule has 0 bridgehead atoms. The molecule has 1 N–H and O–H groups in total. The zero-order chi connectivity index (χ0) is 11.5. The van der Waals surface area contributed by atoms with Crippen molar-refractivity contribution >= 4 is 23.3 Å². The molecule has 1 aromatic rings. The summed E-state index contributed by atoms with van der Waals surface area (Å²) < 4.78 is 0. The summed E-state index contributed by atoms with van der Waals surface area (Å²) in [5, 5.41) is 5.15. The van der Waals surface area contributed by atoms with E-state index in [0.29, 0.717) is 13.0 Å². The Morgan fingerprint density at radius 1 is 1.62 bits per heavy atom. The van der Waals surface area contributed by atoms with E-state index in [1.807, 2.05) is 12.3 Å². The molecule has 2 rings (SSSR count). The molecule has 0 saturated carbocycles. The Hall–Kier alpha value is -1.43. The van der Waals surface area contributed by atoms with E-state index in [1.54, 1.807) is 11.1 Å². The lowest BCUT2D eigenvalue weighted by Crippen LogP contribution is -2.50. The summed E-state index contributed by atoms with van der Waals surface area (Å²) in [5.41, 5.74) is 0. The Morgan fingerprint density at radius 3 is 3.00 bits per heavy atom. The predicted octanol–water partition coefficient (Wildman–Crippen LogP) is 1.54. The van der Waals surface area contributed by atoms with Gasteiger partial charge in [-0.3, -0.25) is 10.1 Å². The van der Waals surface area contributed by atoms with Crippen molar-refractivity contribution in [2.75, 3.05) is 6.54 Å². The van der Waals surface area contributed by atoms with Crippen molar-refractivity contribution in [2.24, 2.45) is 0 Å². The largest absolute Gasteiger partial charge is 0.324 e. The maximum atomic E-state index is 11.7. The molecule has 0 radical (unpaired) electrons. The predicted molar refractivity (Wildman–Crippen MR) is 60.0 cm³/mol. The minimum absolute atomic E-state index is 0.0203. The number of rotatable bonds is 3. The number of carbonyl (C=O) groups is 2. The van der Waals surface area contributed by atoms with Crippen LogP contribution < -0.4 is 5.32 Å². The van der Waals surface area contributed by atoms with Crippen molar-refractivity contribution in [3.63, 3.8) is 0 Å². The van der Waals surface area contributed by atoms with Crippen LogP contribution in [0.5, 0.6) is 0 Å². The van der Waals surface area contributed by atoms with Crippen LogP contribution in [-0.2, 0) is 4.79 Å². The molecule has 0 aliphatic carbocycles. The maximum absolute atomic E-state index is 11.7. The number of urea groups is 1. The highest BCUT2D eigenvalue weighted by Crippen LogP contribution is 2.27. The van der Waals surface area contributed by atoms with Gasteiger partial charge < -0.3 is 4.90 Å². The molecule has 86 valence electrons. The molecule has 1 unspecified atom stereocenters. The van der Waals surface area contributed by atoms with Crippen LogP contribution in [0.1, 0.15) is 30.8 Å². The van der Waals surface area contributed by atoms with Gasteiger partial charge in [0.25, 0.3) is 0 Å². The number of nitrogens with one attached hydrogen (secondary N) is 1. The number of amides is 3. The quantitative estimate of drug-likeness (QED) is 0.870. The van der Waals surface area contributed by atoms with Crippen LogP contribution in [-0.4, -0.2) is 28.4 Å². The van der Waals surface area contributed by atoms with Gasteiger partial charge in [0.15, 0.2) is 0 Å². The third-order valence-corrected chi connectivity index (χ3v) is 3.46. The van der Waals surface area contributed by atoms with Gasteiger partial charge in [-0.05, 0) is 6.42 Å². The fourth-order valence-electron chi connectivity index (χ4n) is 1.80. The van der Waals surface area contributed by atoms with E-state index in [1.165, 1.54) is 11.3 Å². The van der Waals surface area contributed by atoms with Crippen LogP contribution in [0.2, 0.25) is 0 Å². The van der Waals surface area contributed by atoms with Crippen molar-refractivity contribution in [1.82, 2.24) is 15.2 Å². The molecule has 6 heteroatoms. The summed E-state index contributed by atoms with van der Waals surface area (Å²) in [6.45, 7) is 2.48. The minimum Gasteiger partial charge on any atom is -0.314 e. The molecule has 1 atom stereocenters. The van der Waals surface area contributed by atoms with Gasteiger partial charge in [0.05, 0.1) is 6.04 Å². The normalized spacial score (nSPS) is 18.4. The van der Waals surface area contributed by atoms with Crippen LogP contribution >= 0.6 is 11.3 Å². The van der Waals surface area contributed by atoms with Gasteiger partial charge in [0, 0.05) is 24.5 Å². The van der Waals surface area contributed by atoms with Crippen LogP contribution in [0.15, 0.2) is 11.6 Å². The standard InChI is InChI=1S/C10H13N3O2S/c1-2-7(9-11-4-6-16-9)13-5-3-8(14)12-10(13)15/h4,6-7H,2-3,5H2,1H3,(H,12,14,15). The smallest absolute Gasteiger partial charge is 0.314 e. The monoisotopic (exact) mass is 239 g/mol. The lowest BCUT2D eigenvalue weighted by atomic mass is 10.1. The molecular formula is C10H13N3O2S. The van der Waals surface area contributed by atoms with Gasteiger partial charge in [-0.1, -0.05) is 6.92 Å². The third kappa shape index (κ3) is 2.06. The van der Waals surface area contributed by atoms with Gasteiger partial charge in [-0.2, -0.15) is 0 Å². The van der Waals surface area contributed by atoms with E-state index >= 15 is 0 Å². The van der Waals surface area contributed by atoms with Crippen LogP contribution in [0.4, 0.5) is 4.79 Å². The van der Waals surface area contributed by atoms with E-state index in [-0.39, 0.29) is 18.0 Å². The summed E-state index contributed by atoms with van der Waals surface area (Å²) in [4.78, 5) is 28.6. The summed E-state index contributed by atoms with van der Waals surface area (Å²) in [6, 6.07) is -0.327. The zero-order valence-corrected chi connectivity index (χ0v) is 9.79. The molecule has 1 aliphatic rings. The average molecular weight is 239 g/mol. The fourth-order valence-corrected chi connectivity index (χ4v) is 2.64. The molecule has 2 heterocycles. The molecule has 16 heavy (non-hydrogen) atoms. The molecule has 0 aromatic carbocycles. The molecule has 0 spiro atoms. The minimum atomic E-state index is -0.307. The van der Waals surface area contributed by atoms with E-state index in [9.17, 15) is 9.59 Å². The lowest BCUT2D eigenvalue weighted by molar-refractivity contribution is -0.121. The van der Waals surface area contributed by atoms with Crippen LogP contribution in [0.25, 0.3) is 0 Å². The van der Waals surface area contributed by atoms with Crippen LogP contribution in [0, 0.1) is 0 Å². The van der Waals surface area contributed by atoms with Crippen molar-refractivity contribution in [2.45, 2.75) is 25.8 Å². The topological polar surface area (TPSA) is 62.3 Å². The number of imide groups is 1. The number of nitrogens with zero attached hydrogens (tertiary/aromatic N) is 2. The first-order chi connectivity index (χ1) is 7.72. The Balaban J connectivity index is 2.16. The summed E-state index contributed by atoms with van der Waals surface area (Å²) in [5.74, 6) is -0.199. The van der Waals surface area contributed by atoms with Gasteiger partial charge in [0.2, 0.25) is 5.91 Å². The van der Waals surface area contributed by atoms with Gasteiger partial charge in [-0.25, -0.2) is 9.78 Å². The molecule has 1 saturated heterocycles. The van der Waals surface area contributed by atoms with Crippen molar-refractivity contribution < 1.29 is 9.59 Å². The van der Waals surface area contributed by atoms with Crippen molar-refractivity contribution in [1.29, 1.82) is 0 Å². The van der Waals surface area contributed by atoms with E-state index in [4.69, 9.17) is 0 Å². The van der Waals surface area contributed by atoms with Gasteiger partial charge in [-0.15, -0.1) is 11.3 Å². The first kappa shape index (κ1) is 11.1. The van der Waals surface area contributed by atoms with Crippen molar-refractivity contribution in [3.05, 3.63) is 16.6 Å². The summed E-state index contributed by atoms with van der Waals surface area (Å²) >= 11 is 1.53. The average Bonchev–Trinajstić information content (AvgIpc) is 2.75. The second-order valence-corrected chi connectivity index (χ2v) is 4.52. The fraction of sp³-hybridized carbons (Fsp3) is 0.500. The molecule has 5 nitrogen and oxygen atoms in total. The molecule has 1 fully saturated rings. The second-order valence-electron chi connectivity index (χ2n) is 3.59. The highest BCUT2D eigenvalue weighted by Gasteiger charge is 2.30. The number of hydrogen-bond acceptors (Lipinski definition) is 4. The second kappa shape index (κ2) is 4.61. The van der Waals surface area contributed by atoms with E-state index in [0.717, 1.165) is 11.4 Å². The maximum Gasteiger partial charge on any atom is 0.324 e.